The van der Waals surface area contributed by atoms with Crippen LogP contribution in [-0.4, -0.2) is 13.2 Å². The van der Waals surface area contributed by atoms with Crippen molar-refractivity contribution in [3.05, 3.63) is 28.8 Å². The summed E-state index contributed by atoms with van der Waals surface area (Å²) in [6.07, 6.45) is 5.18. The summed E-state index contributed by atoms with van der Waals surface area (Å²) in [6, 6.07) is 5.56. The first-order valence-corrected chi connectivity index (χ1v) is 6.06. The normalized spacial score (nSPS) is 9.72. The molecule has 0 unspecified atom stereocenters. The van der Waals surface area contributed by atoms with Crippen molar-refractivity contribution in [2.45, 2.75) is 20.4 Å². The van der Waals surface area contributed by atoms with Crippen LogP contribution in [0.4, 0.5) is 0 Å². The van der Waals surface area contributed by atoms with Gasteiger partial charge in [-0.15, -0.1) is 18.8 Å². The smallest absolute Gasteiger partial charge is 0.148 e. The predicted molar refractivity (Wildman–Crippen MR) is 79.6 cm³/mol. The Labute approximate surface area is 120 Å². The molecule has 0 bridgehead atoms. The van der Waals surface area contributed by atoms with Crippen LogP contribution in [-0.2, 0) is 6.54 Å². The molecule has 1 rings (SSSR count). The van der Waals surface area contributed by atoms with Gasteiger partial charge in [-0.25, -0.2) is 0 Å². The third-order valence-corrected chi connectivity index (χ3v) is 2.44. The van der Waals surface area contributed by atoms with Crippen molar-refractivity contribution in [1.82, 2.24) is 5.32 Å². The Balaban J connectivity index is 0.00000289. The van der Waals surface area contributed by atoms with Crippen molar-refractivity contribution in [2.75, 3.05) is 13.2 Å². The zero-order valence-corrected chi connectivity index (χ0v) is 12.3. The fourth-order valence-corrected chi connectivity index (χ4v) is 1.64. The number of benzene rings is 1. The van der Waals surface area contributed by atoms with Crippen molar-refractivity contribution < 1.29 is 4.74 Å². The van der Waals surface area contributed by atoms with Gasteiger partial charge in [0, 0.05) is 17.1 Å². The molecule has 0 saturated carbocycles. The largest absolute Gasteiger partial charge is 0.481 e. The summed E-state index contributed by atoms with van der Waals surface area (Å²) >= 11 is 5.97. The summed E-state index contributed by atoms with van der Waals surface area (Å²) in [5.74, 6) is 3.87. The van der Waals surface area contributed by atoms with Crippen LogP contribution in [0.2, 0.25) is 5.02 Å². The molecule has 0 aliphatic carbocycles. The predicted octanol–water partition coefficient (Wildman–Crippen LogP) is 3.52. The summed E-state index contributed by atoms with van der Waals surface area (Å²) in [4.78, 5) is 0. The highest BCUT2D eigenvalue weighted by molar-refractivity contribution is 6.30. The van der Waals surface area contributed by atoms with Gasteiger partial charge in [0.2, 0.25) is 0 Å². The highest BCUT2D eigenvalue weighted by atomic mass is 35.5. The van der Waals surface area contributed by atoms with E-state index in [1.807, 2.05) is 12.1 Å². The van der Waals surface area contributed by atoms with Crippen molar-refractivity contribution in [2.24, 2.45) is 5.92 Å². The zero-order chi connectivity index (χ0) is 12.7. The second kappa shape index (κ2) is 9.10. The summed E-state index contributed by atoms with van der Waals surface area (Å²) < 4.78 is 5.46. The fourth-order valence-electron chi connectivity index (χ4n) is 1.44. The van der Waals surface area contributed by atoms with Crippen LogP contribution in [0.3, 0.4) is 0 Å². The number of halogens is 2. The van der Waals surface area contributed by atoms with Gasteiger partial charge in [-0.2, -0.15) is 0 Å². The molecular formula is C14H19Cl2NO. The van der Waals surface area contributed by atoms with E-state index in [2.05, 4.69) is 25.1 Å². The van der Waals surface area contributed by atoms with Crippen LogP contribution >= 0.6 is 24.0 Å². The molecule has 0 aromatic heterocycles. The van der Waals surface area contributed by atoms with Gasteiger partial charge in [-0.1, -0.05) is 31.4 Å². The fraction of sp³-hybridized carbons (Fsp3) is 0.429. The maximum Gasteiger partial charge on any atom is 0.148 e. The van der Waals surface area contributed by atoms with E-state index in [1.54, 1.807) is 6.07 Å². The quantitative estimate of drug-likeness (QED) is 0.809. The molecule has 0 radical (unpaired) electrons. The summed E-state index contributed by atoms with van der Waals surface area (Å²) in [6.45, 7) is 6.31. The van der Waals surface area contributed by atoms with Crippen LogP contribution in [0.1, 0.15) is 19.4 Å². The minimum absolute atomic E-state index is 0. The lowest BCUT2D eigenvalue weighted by Gasteiger charge is -2.12. The molecule has 18 heavy (non-hydrogen) atoms. The second-order valence-electron chi connectivity index (χ2n) is 4.27. The van der Waals surface area contributed by atoms with Crippen LogP contribution in [0.15, 0.2) is 18.2 Å². The second-order valence-corrected chi connectivity index (χ2v) is 4.71. The molecule has 0 atom stereocenters. The van der Waals surface area contributed by atoms with E-state index in [-0.39, 0.29) is 19.0 Å². The van der Waals surface area contributed by atoms with Gasteiger partial charge < -0.3 is 10.1 Å². The molecule has 0 fully saturated rings. The van der Waals surface area contributed by atoms with Crippen LogP contribution in [0, 0.1) is 18.3 Å². The Hall–Kier alpha value is -0.880. The van der Waals surface area contributed by atoms with Crippen molar-refractivity contribution in [3.63, 3.8) is 0 Å². The Morgan fingerprint density at radius 2 is 2.17 bits per heavy atom. The van der Waals surface area contributed by atoms with Crippen molar-refractivity contribution >= 4 is 24.0 Å². The highest BCUT2D eigenvalue weighted by Crippen LogP contribution is 2.22. The molecule has 0 spiro atoms. The number of terminal acetylenes is 1. The topological polar surface area (TPSA) is 21.3 Å². The summed E-state index contributed by atoms with van der Waals surface area (Å²) in [5.41, 5.74) is 1.04. The average Bonchev–Trinajstić information content (AvgIpc) is 2.27. The molecule has 0 aliphatic heterocycles. The number of hydrogen-bond acceptors (Lipinski definition) is 2. The molecule has 100 valence electrons. The van der Waals surface area contributed by atoms with E-state index in [9.17, 15) is 0 Å². The molecule has 1 N–H and O–H groups in total. The van der Waals surface area contributed by atoms with E-state index >= 15 is 0 Å². The number of ether oxygens (including phenoxy) is 1. The van der Waals surface area contributed by atoms with Crippen molar-refractivity contribution in [3.8, 4) is 18.1 Å². The molecule has 0 amide bonds. The van der Waals surface area contributed by atoms with Crippen LogP contribution in [0.5, 0.6) is 5.75 Å². The maximum absolute atomic E-state index is 5.97. The molecule has 0 heterocycles. The number of rotatable bonds is 6. The van der Waals surface area contributed by atoms with Gasteiger partial charge in [-0.05, 0) is 30.7 Å². The summed E-state index contributed by atoms with van der Waals surface area (Å²) in [5, 5.41) is 4.06. The highest BCUT2D eigenvalue weighted by Gasteiger charge is 2.04. The first kappa shape index (κ1) is 17.1. The number of hydrogen-bond donors (Lipinski definition) is 1. The van der Waals surface area contributed by atoms with Crippen LogP contribution in [0.25, 0.3) is 0 Å². The molecule has 0 aliphatic rings. The molecular weight excluding hydrogens is 269 g/mol. The standard InChI is InChI=1S/C14H18ClNO.ClH/c1-4-7-17-14-6-5-13(15)8-12(14)10-16-9-11(2)3;/h1,5-6,8,11,16H,7,9-10H2,2-3H3;1H. The van der Waals surface area contributed by atoms with Gasteiger partial charge in [0.1, 0.15) is 12.4 Å². The molecule has 1 aromatic carbocycles. The molecule has 1 aromatic rings. The molecule has 4 heteroatoms. The Morgan fingerprint density at radius 1 is 1.44 bits per heavy atom. The molecule has 0 saturated heterocycles. The lowest BCUT2D eigenvalue weighted by atomic mass is 10.2. The number of nitrogens with one attached hydrogen (secondary N) is 1. The Morgan fingerprint density at radius 3 is 2.78 bits per heavy atom. The van der Waals surface area contributed by atoms with Gasteiger partial charge in [0.25, 0.3) is 0 Å². The van der Waals surface area contributed by atoms with Crippen LogP contribution < -0.4 is 10.1 Å². The Bertz CT molecular complexity index is 399. The minimum Gasteiger partial charge on any atom is -0.481 e. The van der Waals surface area contributed by atoms with E-state index in [1.165, 1.54) is 0 Å². The van der Waals surface area contributed by atoms with E-state index < -0.39 is 0 Å². The SMILES string of the molecule is C#CCOc1ccc(Cl)cc1CNCC(C)C.Cl. The van der Waals surface area contributed by atoms with Gasteiger partial charge in [0.05, 0.1) is 0 Å². The maximum atomic E-state index is 5.97. The van der Waals surface area contributed by atoms with E-state index in [4.69, 9.17) is 22.8 Å². The van der Waals surface area contributed by atoms with E-state index in [0.29, 0.717) is 10.9 Å². The average molecular weight is 288 g/mol. The zero-order valence-electron chi connectivity index (χ0n) is 10.7. The Kier molecular flexibility index (Phi) is 8.66. The van der Waals surface area contributed by atoms with Gasteiger partial charge in [-0.3, -0.25) is 0 Å². The summed E-state index contributed by atoms with van der Waals surface area (Å²) in [7, 11) is 0. The van der Waals surface area contributed by atoms with Crippen molar-refractivity contribution in [1.29, 1.82) is 0 Å². The first-order valence-electron chi connectivity index (χ1n) is 5.69. The lowest BCUT2D eigenvalue weighted by molar-refractivity contribution is 0.364. The minimum atomic E-state index is 0. The van der Waals surface area contributed by atoms with Gasteiger partial charge in [0.15, 0.2) is 0 Å². The first-order chi connectivity index (χ1) is 8.13. The third-order valence-electron chi connectivity index (χ3n) is 2.20. The molecule has 2 nitrogen and oxygen atoms in total. The lowest BCUT2D eigenvalue weighted by Crippen LogP contribution is -2.19. The monoisotopic (exact) mass is 287 g/mol. The van der Waals surface area contributed by atoms with Gasteiger partial charge >= 0.3 is 0 Å². The third kappa shape index (κ3) is 6.16. The van der Waals surface area contributed by atoms with E-state index in [0.717, 1.165) is 24.4 Å².